The van der Waals surface area contributed by atoms with Gasteiger partial charge in [-0.25, -0.2) is 4.39 Å². The van der Waals surface area contributed by atoms with Gasteiger partial charge < -0.3 is 10.0 Å². The van der Waals surface area contributed by atoms with E-state index in [4.69, 9.17) is 0 Å². The first kappa shape index (κ1) is 10.6. The lowest BCUT2D eigenvalue weighted by Gasteiger charge is -2.27. The second-order valence-corrected chi connectivity index (χ2v) is 4.95. The number of fused-ring (bicyclic) bond motifs is 2. The molecule has 1 aliphatic carbocycles. The van der Waals surface area contributed by atoms with E-state index < -0.39 is 5.82 Å². The van der Waals surface area contributed by atoms with E-state index in [1.165, 1.54) is 18.6 Å². The lowest BCUT2D eigenvalue weighted by molar-refractivity contribution is 0.0700. The van der Waals surface area contributed by atoms with Gasteiger partial charge in [-0.15, -0.1) is 0 Å². The van der Waals surface area contributed by atoms with Crippen molar-refractivity contribution < 1.29 is 14.3 Å². The summed E-state index contributed by atoms with van der Waals surface area (Å²) in [6.07, 6.45) is 3.33. The molecule has 2 bridgehead atoms. The molecule has 0 spiro atoms. The van der Waals surface area contributed by atoms with Crippen LogP contribution in [0.3, 0.4) is 0 Å². The number of halogens is 1. The van der Waals surface area contributed by atoms with Crippen LogP contribution in [0.25, 0.3) is 0 Å². The number of carbonyl (C=O) groups excluding carboxylic acids is 1. The van der Waals surface area contributed by atoms with Crippen molar-refractivity contribution in [3.63, 3.8) is 0 Å². The van der Waals surface area contributed by atoms with Crippen LogP contribution in [0.1, 0.15) is 29.6 Å². The number of aromatic hydroxyl groups is 1. The van der Waals surface area contributed by atoms with Crippen molar-refractivity contribution in [3.05, 3.63) is 29.6 Å². The highest BCUT2D eigenvalue weighted by Gasteiger charge is 2.40. The van der Waals surface area contributed by atoms with Gasteiger partial charge in [0.1, 0.15) is 11.6 Å². The van der Waals surface area contributed by atoms with Crippen molar-refractivity contribution in [1.29, 1.82) is 0 Å². The van der Waals surface area contributed by atoms with Crippen LogP contribution in [0.2, 0.25) is 0 Å². The van der Waals surface area contributed by atoms with E-state index in [-0.39, 0.29) is 17.2 Å². The number of hydrogen-bond acceptors (Lipinski definition) is 2. The van der Waals surface area contributed by atoms with Crippen LogP contribution in [0.4, 0.5) is 4.39 Å². The summed E-state index contributed by atoms with van der Waals surface area (Å²) in [5.74, 6) is -0.346. The average Bonchev–Trinajstić information content (AvgIpc) is 2.89. The second kappa shape index (κ2) is 3.72. The Hall–Kier alpha value is -1.58. The number of phenolic OH excluding ortho intramolecular Hbond substituents is 1. The molecule has 90 valence electrons. The van der Waals surface area contributed by atoms with Crippen LogP contribution in [0.5, 0.6) is 5.75 Å². The molecule has 3 nitrogen and oxygen atoms in total. The molecule has 1 heterocycles. The van der Waals surface area contributed by atoms with E-state index in [0.717, 1.165) is 25.5 Å². The van der Waals surface area contributed by atoms with Crippen molar-refractivity contribution in [3.8, 4) is 5.75 Å². The first-order valence-corrected chi connectivity index (χ1v) is 5.94. The lowest BCUT2D eigenvalue weighted by atomic mass is 10.1. The SMILES string of the molecule is O=C(c1ccc(F)cc1O)N1CC2CCC1C2. The number of hydrogen-bond donors (Lipinski definition) is 1. The van der Waals surface area contributed by atoms with Crippen LogP contribution in [0, 0.1) is 11.7 Å². The maximum absolute atomic E-state index is 12.9. The molecule has 2 unspecified atom stereocenters. The normalized spacial score (nSPS) is 26.5. The van der Waals surface area contributed by atoms with Gasteiger partial charge in [0.05, 0.1) is 5.56 Å². The molecular weight excluding hydrogens is 221 g/mol. The average molecular weight is 235 g/mol. The number of likely N-dealkylation sites (tertiary alicyclic amines) is 1. The third-order valence-electron chi connectivity index (χ3n) is 3.86. The molecule has 0 radical (unpaired) electrons. The number of rotatable bonds is 1. The van der Waals surface area contributed by atoms with Crippen molar-refractivity contribution in [1.82, 2.24) is 4.90 Å². The van der Waals surface area contributed by atoms with Gasteiger partial charge in [0.25, 0.3) is 5.91 Å². The minimum atomic E-state index is -0.526. The van der Waals surface area contributed by atoms with E-state index >= 15 is 0 Å². The molecule has 1 saturated carbocycles. The minimum Gasteiger partial charge on any atom is -0.507 e. The Balaban J connectivity index is 1.87. The fraction of sp³-hybridized carbons (Fsp3) is 0.462. The zero-order valence-corrected chi connectivity index (χ0v) is 9.40. The molecule has 1 N–H and O–H groups in total. The maximum atomic E-state index is 12.9. The highest BCUT2D eigenvalue weighted by molar-refractivity contribution is 5.97. The van der Waals surface area contributed by atoms with E-state index in [9.17, 15) is 14.3 Å². The van der Waals surface area contributed by atoms with Crippen molar-refractivity contribution in [2.24, 2.45) is 5.92 Å². The van der Waals surface area contributed by atoms with Gasteiger partial charge in [0.15, 0.2) is 0 Å². The smallest absolute Gasteiger partial charge is 0.257 e. The van der Waals surface area contributed by atoms with Gasteiger partial charge >= 0.3 is 0 Å². The Morgan fingerprint density at radius 3 is 2.82 bits per heavy atom. The van der Waals surface area contributed by atoms with Crippen LogP contribution in [-0.4, -0.2) is 28.5 Å². The lowest BCUT2D eigenvalue weighted by Crippen LogP contribution is -2.37. The van der Waals surface area contributed by atoms with Crippen molar-refractivity contribution >= 4 is 5.91 Å². The Kier molecular flexibility index (Phi) is 2.31. The first-order valence-electron chi connectivity index (χ1n) is 5.94. The van der Waals surface area contributed by atoms with E-state index in [1.54, 1.807) is 0 Å². The zero-order valence-electron chi connectivity index (χ0n) is 9.40. The van der Waals surface area contributed by atoms with Gasteiger partial charge in [-0.2, -0.15) is 0 Å². The zero-order chi connectivity index (χ0) is 12.0. The molecule has 2 atom stereocenters. The minimum absolute atomic E-state index is 0.172. The third-order valence-corrected chi connectivity index (χ3v) is 3.86. The molecule has 1 aromatic carbocycles. The number of phenols is 1. The molecule has 1 amide bonds. The highest BCUT2D eigenvalue weighted by Crippen LogP contribution is 2.38. The molecule has 1 aliphatic heterocycles. The van der Waals surface area contributed by atoms with E-state index in [1.807, 2.05) is 4.90 Å². The summed E-state index contributed by atoms with van der Waals surface area (Å²) < 4.78 is 12.9. The summed E-state index contributed by atoms with van der Waals surface area (Å²) in [5.41, 5.74) is 0.207. The largest absolute Gasteiger partial charge is 0.507 e. The Labute approximate surface area is 98.9 Å². The number of amides is 1. The summed E-state index contributed by atoms with van der Waals surface area (Å²) in [4.78, 5) is 14.0. The monoisotopic (exact) mass is 235 g/mol. The fourth-order valence-electron chi connectivity index (χ4n) is 3.01. The summed E-state index contributed by atoms with van der Waals surface area (Å²) in [6, 6.07) is 3.87. The quantitative estimate of drug-likeness (QED) is 0.810. The van der Waals surface area contributed by atoms with Gasteiger partial charge in [0.2, 0.25) is 0 Å². The topological polar surface area (TPSA) is 40.5 Å². The summed E-state index contributed by atoms with van der Waals surface area (Å²) in [5, 5.41) is 9.60. The standard InChI is InChI=1S/C13H14FNO2/c14-9-2-4-11(12(16)6-9)13(17)15-7-8-1-3-10(15)5-8/h2,4,6,8,10,16H,1,3,5,7H2. The maximum Gasteiger partial charge on any atom is 0.257 e. The second-order valence-electron chi connectivity index (χ2n) is 4.95. The molecule has 1 saturated heterocycles. The Morgan fingerprint density at radius 1 is 1.41 bits per heavy atom. The van der Waals surface area contributed by atoms with Gasteiger partial charge in [-0.1, -0.05) is 0 Å². The van der Waals surface area contributed by atoms with Crippen LogP contribution in [-0.2, 0) is 0 Å². The van der Waals surface area contributed by atoms with Gasteiger partial charge in [-0.05, 0) is 37.3 Å². The number of carbonyl (C=O) groups is 1. The van der Waals surface area contributed by atoms with Crippen molar-refractivity contribution in [2.75, 3.05) is 6.54 Å². The van der Waals surface area contributed by atoms with E-state index in [0.29, 0.717) is 12.0 Å². The summed E-state index contributed by atoms with van der Waals surface area (Å²) >= 11 is 0. The fourth-order valence-corrected chi connectivity index (χ4v) is 3.01. The van der Waals surface area contributed by atoms with Crippen molar-refractivity contribution in [2.45, 2.75) is 25.3 Å². The predicted octanol–water partition coefficient (Wildman–Crippen LogP) is 2.16. The number of nitrogens with zero attached hydrogens (tertiary/aromatic N) is 1. The third kappa shape index (κ3) is 1.68. The van der Waals surface area contributed by atoms with Crippen LogP contribution >= 0.6 is 0 Å². The predicted molar refractivity (Wildman–Crippen MR) is 60.2 cm³/mol. The highest BCUT2D eigenvalue weighted by atomic mass is 19.1. The summed E-state index contributed by atoms with van der Waals surface area (Å²) in [6.45, 7) is 0.778. The molecule has 2 fully saturated rings. The Bertz CT molecular complexity index is 474. The number of benzene rings is 1. The molecule has 4 heteroatoms. The van der Waals surface area contributed by atoms with Gasteiger partial charge in [-0.3, -0.25) is 4.79 Å². The van der Waals surface area contributed by atoms with Crippen LogP contribution in [0.15, 0.2) is 18.2 Å². The molecule has 17 heavy (non-hydrogen) atoms. The molecule has 3 rings (SSSR count). The molecule has 2 aliphatic rings. The number of piperidine rings is 1. The molecular formula is C13H14FNO2. The summed E-state index contributed by atoms with van der Waals surface area (Å²) in [7, 11) is 0. The molecule has 1 aromatic rings. The first-order chi connectivity index (χ1) is 8.15. The van der Waals surface area contributed by atoms with E-state index in [2.05, 4.69) is 0 Å². The van der Waals surface area contributed by atoms with Crippen LogP contribution < -0.4 is 0 Å². The molecule has 0 aromatic heterocycles. The Morgan fingerprint density at radius 2 is 2.24 bits per heavy atom. The van der Waals surface area contributed by atoms with Gasteiger partial charge in [0, 0.05) is 18.7 Å².